The second kappa shape index (κ2) is 8.12. The van der Waals surface area contributed by atoms with Gasteiger partial charge in [-0.15, -0.1) is 0 Å². The molecule has 0 aliphatic carbocycles. The van der Waals surface area contributed by atoms with Crippen molar-refractivity contribution in [3.63, 3.8) is 0 Å². The number of benzene rings is 1. The predicted molar refractivity (Wildman–Crippen MR) is 82.3 cm³/mol. The standard InChI is InChI=1S/C14H18Cl2N2O2/c1-3-8-18(10(2)19)9-7-13(20)17-14-11(15)5-4-6-12(14)16/h4-6H,3,7-9H2,1-2H3,(H,17,20). The largest absolute Gasteiger partial charge is 0.342 e. The Kier molecular flexibility index (Phi) is 6.82. The van der Waals surface area contributed by atoms with Crippen molar-refractivity contribution in [2.75, 3.05) is 18.4 Å². The molecule has 0 heterocycles. The van der Waals surface area contributed by atoms with Gasteiger partial charge in [0.05, 0.1) is 15.7 Å². The van der Waals surface area contributed by atoms with Crippen LogP contribution in [0.2, 0.25) is 10.0 Å². The first-order valence-electron chi connectivity index (χ1n) is 6.45. The van der Waals surface area contributed by atoms with Crippen LogP contribution in [0.25, 0.3) is 0 Å². The Morgan fingerprint density at radius 1 is 1.20 bits per heavy atom. The van der Waals surface area contributed by atoms with Gasteiger partial charge in [-0.2, -0.15) is 0 Å². The summed E-state index contributed by atoms with van der Waals surface area (Å²) in [6.07, 6.45) is 1.07. The fourth-order valence-corrected chi connectivity index (χ4v) is 2.24. The third kappa shape index (κ3) is 5.02. The molecule has 0 aliphatic rings. The number of nitrogens with one attached hydrogen (secondary N) is 1. The Labute approximate surface area is 129 Å². The normalized spacial score (nSPS) is 10.2. The van der Waals surface area contributed by atoms with Crippen LogP contribution >= 0.6 is 23.2 Å². The van der Waals surface area contributed by atoms with E-state index in [-0.39, 0.29) is 18.2 Å². The van der Waals surface area contributed by atoms with E-state index < -0.39 is 0 Å². The SMILES string of the molecule is CCCN(CCC(=O)Nc1c(Cl)cccc1Cl)C(C)=O. The topological polar surface area (TPSA) is 49.4 Å². The van der Waals surface area contributed by atoms with E-state index in [0.717, 1.165) is 6.42 Å². The van der Waals surface area contributed by atoms with Crippen molar-refractivity contribution in [3.8, 4) is 0 Å². The third-order valence-corrected chi connectivity index (χ3v) is 3.40. The molecule has 0 aliphatic heterocycles. The molecule has 0 radical (unpaired) electrons. The summed E-state index contributed by atoms with van der Waals surface area (Å²) in [5.41, 5.74) is 0.408. The Balaban J connectivity index is 2.58. The summed E-state index contributed by atoms with van der Waals surface area (Å²) >= 11 is 11.9. The van der Waals surface area contributed by atoms with Crippen molar-refractivity contribution in [2.24, 2.45) is 0 Å². The zero-order valence-electron chi connectivity index (χ0n) is 11.6. The minimum absolute atomic E-state index is 0.0320. The highest BCUT2D eigenvalue weighted by Crippen LogP contribution is 2.29. The van der Waals surface area contributed by atoms with Gasteiger partial charge in [0.15, 0.2) is 0 Å². The number of nitrogens with zero attached hydrogens (tertiary/aromatic N) is 1. The average Bonchev–Trinajstić information content (AvgIpc) is 2.38. The van der Waals surface area contributed by atoms with Gasteiger partial charge in [-0.3, -0.25) is 9.59 Å². The van der Waals surface area contributed by atoms with Crippen LogP contribution in [0.5, 0.6) is 0 Å². The van der Waals surface area contributed by atoms with Crippen LogP contribution in [-0.2, 0) is 9.59 Å². The van der Waals surface area contributed by atoms with Crippen LogP contribution in [0.4, 0.5) is 5.69 Å². The highest BCUT2D eigenvalue weighted by atomic mass is 35.5. The van der Waals surface area contributed by atoms with Crippen molar-refractivity contribution >= 4 is 40.7 Å². The Morgan fingerprint density at radius 3 is 2.30 bits per heavy atom. The van der Waals surface area contributed by atoms with Gasteiger partial charge in [-0.05, 0) is 18.6 Å². The summed E-state index contributed by atoms with van der Waals surface area (Å²) in [6, 6.07) is 5.02. The summed E-state index contributed by atoms with van der Waals surface area (Å²) in [6.45, 7) is 4.52. The van der Waals surface area contributed by atoms with Crippen molar-refractivity contribution < 1.29 is 9.59 Å². The summed E-state index contributed by atoms with van der Waals surface area (Å²) in [5, 5.41) is 3.46. The van der Waals surface area contributed by atoms with E-state index in [0.29, 0.717) is 28.8 Å². The number of hydrogen-bond donors (Lipinski definition) is 1. The number of hydrogen-bond acceptors (Lipinski definition) is 2. The van der Waals surface area contributed by atoms with Gasteiger partial charge in [-0.25, -0.2) is 0 Å². The number of carbonyl (C=O) groups is 2. The molecule has 0 spiro atoms. The van der Waals surface area contributed by atoms with E-state index in [1.807, 2.05) is 6.92 Å². The fourth-order valence-electron chi connectivity index (χ4n) is 1.75. The van der Waals surface area contributed by atoms with Gasteiger partial charge >= 0.3 is 0 Å². The van der Waals surface area contributed by atoms with E-state index in [9.17, 15) is 9.59 Å². The lowest BCUT2D eigenvalue weighted by molar-refractivity contribution is -0.129. The van der Waals surface area contributed by atoms with Crippen LogP contribution in [0.15, 0.2) is 18.2 Å². The smallest absolute Gasteiger partial charge is 0.226 e. The Morgan fingerprint density at radius 2 is 1.80 bits per heavy atom. The first-order chi connectivity index (χ1) is 9.45. The molecule has 1 aromatic rings. The van der Waals surface area contributed by atoms with Crippen molar-refractivity contribution in [3.05, 3.63) is 28.2 Å². The van der Waals surface area contributed by atoms with Gasteiger partial charge in [-0.1, -0.05) is 36.2 Å². The number of rotatable bonds is 6. The van der Waals surface area contributed by atoms with E-state index in [1.54, 1.807) is 23.1 Å². The molecule has 1 aromatic carbocycles. The molecule has 0 atom stereocenters. The Bertz CT molecular complexity index is 472. The number of amides is 2. The van der Waals surface area contributed by atoms with Crippen molar-refractivity contribution in [1.82, 2.24) is 4.90 Å². The third-order valence-electron chi connectivity index (χ3n) is 2.77. The first-order valence-corrected chi connectivity index (χ1v) is 7.20. The maximum Gasteiger partial charge on any atom is 0.226 e. The lowest BCUT2D eigenvalue weighted by atomic mass is 10.3. The van der Waals surface area contributed by atoms with E-state index in [1.165, 1.54) is 6.92 Å². The van der Waals surface area contributed by atoms with Crippen LogP contribution in [0.1, 0.15) is 26.7 Å². The molecule has 0 aromatic heterocycles. The highest BCUT2D eigenvalue weighted by Gasteiger charge is 2.12. The minimum Gasteiger partial charge on any atom is -0.342 e. The second-order valence-corrected chi connectivity index (χ2v) is 5.22. The van der Waals surface area contributed by atoms with Gasteiger partial charge in [0.25, 0.3) is 0 Å². The molecule has 20 heavy (non-hydrogen) atoms. The number of halogens is 2. The molecule has 0 fully saturated rings. The minimum atomic E-state index is -0.220. The molecule has 6 heteroatoms. The van der Waals surface area contributed by atoms with Crippen LogP contribution < -0.4 is 5.32 Å². The highest BCUT2D eigenvalue weighted by molar-refractivity contribution is 6.39. The predicted octanol–water partition coefficient (Wildman–Crippen LogP) is 3.58. The number of carbonyl (C=O) groups excluding carboxylic acids is 2. The molecule has 1 rings (SSSR count). The first kappa shape index (κ1) is 16.8. The van der Waals surface area contributed by atoms with Crippen LogP contribution in [0, 0.1) is 0 Å². The van der Waals surface area contributed by atoms with Crippen LogP contribution in [0.3, 0.4) is 0 Å². The van der Waals surface area contributed by atoms with Gasteiger partial charge in [0, 0.05) is 26.4 Å². The zero-order valence-corrected chi connectivity index (χ0v) is 13.1. The number of para-hydroxylation sites is 1. The molecule has 0 saturated heterocycles. The van der Waals surface area contributed by atoms with Crippen molar-refractivity contribution in [1.29, 1.82) is 0 Å². The zero-order chi connectivity index (χ0) is 15.1. The molecule has 2 amide bonds. The number of anilines is 1. The fraction of sp³-hybridized carbons (Fsp3) is 0.429. The lowest BCUT2D eigenvalue weighted by Gasteiger charge is -2.20. The average molecular weight is 317 g/mol. The summed E-state index contributed by atoms with van der Waals surface area (Å²) in [4.78, 5) is 24.9. The quantitative estimate of drug-likeness (QED) is 0.872. The lowest BCUT2D eigenvalue weighted by Crippen LogP contribution is -2.32. The molecular formula is C14H18Cl2N2O2. The van der Waals surface area contributed by atoms with Crippen molar-refractivity contribution in [2.45, 2.75) is 26.7 Å². The molecule has 1 N–H and O–H groups in total. The van der Waals surface area contributed by atoms with E-state index in [2.05, 4.69) is 5.32 Å². The summed E-state index contributed by atoms with van der Waals surface area (Å²) in [7, 11) is 0. The monoisotopic (exact) mass is 316 g/mol. The Hall–Kier alpha value is -1.26. The summed E-state index contributed by atoms with van der Waals surface area (Å²) in [5.74, 6) is -0.252. The van der Waals surface area contributed by atoms with Gasteiger partial charge in [0.1, 0.15) is 0 Å². The molecule has 110 valence electrons. The molecule has 0 unspecified atom stereocenters. The van der Waals surface area contributed by atoms with Gasteiger partial charge < -0.3 is 10.2 Å². The van der Waals surface area contributed by atoms with E-state index in [4.69, 9.17) is 23.2 Å². The van der Waals surface area contributed by atoms with Gasteiger partial charge in [0.2, 0.25) is 11.8 Å². The molecular weight excluding hydrogens is 299 g/mol. The molecule has 0 saturated carbocycles. The van der Waals surface area contributed by atoms with E-state index >= 15 is 0 Å². The molecule has 0 bridgehead atoms. The maximum atomic E-state index is 11.9. The van der Waals surface area contributed by atoms with Crippen LogP contribution in [-0.4, -0.2) is 29.8 Å². The second-order valence-electron chi connectivity index (χ2n) is 4.40. The molecule has 4 nitrogen and oxygen atoms in total. The maximum absolute atomic E-state index is 11.9. The summed E-state index contributed by atoms with van der Waals surface area (Å²) < 4.78 is 0.